The van der Waals surface area contributed by atoms with E-state index in [9.17, 15) is 0 Å². The number of ether oxygens (including phenoxy) is 1. The van der Waals surface area contributed by atoms with Crippen LogP contribution >= 0.6 is 0 Å². The standard InChI is InChI=1S/C13H19N3O2/c1-4-14-11(7-10-5-6-18-9-10)12-8-13(17-3)16(2)15-12/h5-6,8-9,11,14H,4,7H2,1-3H3. The Labute approximate surface area is 107 Å². The van der Waals surface area contributed by atoms with Crippen molar-refractivity contribution in [2.24, 2.45) is 7.05 Å². The molecule has 0 radical (unpaired) electrons. The first kappa shape index (κ1) is 12.7. The van der Waals surface area contributed by atoms with Gasteiger partial charge in [-0.05, 0) is 24.6 Å². The van der Waals surface area contributed by atoms with Crippen LogP contribution in [0.1, 0.15) is 24.2 Å². The molecule has 0 aliphatic rings. The van der Waals surface area contributed by atoms with Gasteiger partial charge in [0.25, 0.3) is 0 Å². The zero-order valence-corrected chi connectivity index (χ0v) is 11.0. The maximum Gasteiger partial charge on any atom is 0.211 e. The molecule has 1 unspecified atom stereocenters. The van der Waals surface area contributed by atoms with Crippen LogP contribution in [0.5, 0.6) is 5.88 Å². The average molecular weight is 249 g/mol. The lowest BCUT2D eigenvalue weighted by atomic mass is 10.1. The van der Waals surface area contributed by atoms with Crippen LogP contribution in [0.15, 0.2) is 29.1 Å². The van der Waals surface area contributed by atoms with E-state index >= 15 is 0 Å². The number of likely N-dealkylation sites (N-methyl/N-ethyl adjacent to an activating group) is 1. The van der Waals surface area contributed by atoms with Crippen molar-refractivity contribution in [3.8, 4) is 5.88 Å². The number of nitrogens with one attached hydrogen (secondary N) is 1. The number of hydrogen-bond donors (Lipinski definition) is 1. The van der Waals surface area contributed by atoms with Crippen molar-refractivity contribution in [2.45, 2.75) is 19.4 Å². The second-order valence-corrected chi connectivity index (χ2v) is 4.18. The van der Waals surface area contributed by atoms with E-state index in [-0.39, 0.29) is 6.04 Å². The molecule has 0 bridgehead atoms. The van der Waals surface area contributed by atoms with Gasteiger partial charge in [0.2, 0.25) is 5.88 Å². The summed E-state index contributed by atoms with van der Waals surface area (Å²) in [5.74, 6) is 0.764. The van der Waals surface area contributed by atoms with Crippen LogP contribution in [0, 0.1) is 0 Å². The van der Waals surface area contributed by atoms with Gasteiger partial charge < -0.3 is 14.5 Å². The summed E-state index contributed by atoms with van der Waals surface area (Å²) < 4.78 is 12.1. The Hall–Kier alpha value is -1.75. The molecule has 0 aliphatic heterocycles. The summed E-state index contributed by atoms with van der Waals surface area (Å²) in [6.07, 6.45) is 4.31. The SMILES string of the molecule is CCNC(Cc1ccoc1)c1cc(OC)n(C)n1. The first-order chi connectivity index (χ1) is 8.74. The molecule has 2 rings (SSSR count). The molecule has 0 aliphatic carbocycles. The Morgan fingerprint density at radius 2 is 2.39 bits per heavy atom. The Morgan fingerprint density at radius 3 is 2.94 bits per heavy atom. The van der Waals surface area contributed by atoms with Gasteiger partial charge in [0.05, 0.1) is 31.4 Å². The van der Waals surface area contributed by atoms with E-state index < -0.39 is 0 Å². The summed E-state index contributed by atoms with van der Waals surface area (Å²) in [5.41, 5.74) is 2.14. The van der Waals surface area contributed by atoms with Gasteiger partial charge in [-0.2, -0.15) is 5.10 Å². The minimum absolute atomic E-state index is 0.169. The van der Waals surface area contributed by atoms with Crippen LogP contribution in [-0.2, 0) is 13.5 Å². The summed E-state index contributed by atoms with van der Waals surface area (Å²) in [7, 11) is 3.53. The maximum atomic E-state index is 5.24. The molecule has 0 fully saturated rings. The molecule has 2 aromatic rings. The second-order valence-electron chi connectivity index (χ2n) is 4.18. The highest BCUT2D eigenvalue weighted by molar-refractivity contribution is 5.21. The summed E-state index contributed by atoms with van der Waals surface area (Å²) in [5, 5.41) is 7.91. The third-order valence-electron chi connectivity index (χ3n) is 2.89. The maximum absolute atomic E-state index is 5.24. The highest BCUT2D eigenvalue weighted by Gasteiger charge is 2.17. The fraction of sp³-hybridized carbons (Fsp3) is 0.462. The molecule has 1 N–H and O–H groups in total. The van der Waals surface area contributed by atoms with Gasteiger partial charge in [0, 0.05) is 13.1 Å². The van der Waals surface area contributed by atoms with Gasteiger partial charge in [-0.1, -0.05) is 6.92 Å². The summed E-state index contributed by atoms with van der Waals surface area (Å²) >= 11 is 0. The fourth-order valence-electron chi connectivity index (χ4n) is 2.00. The highest BCUT2D eigenvalue weighted by atomic mass is 16.5. The smallest absolute Gasteiger partial charge is 0.211 e. The minimum atomic E-state index is 0.169. The Bertz CT molecular complexity index is 476. The van der Waals surface area contributed by atoms with Crippen LogP contribution < -0.4 is 10.1 Å². The molecular weight excluding hydrogens is 230 g/mol. The van der Waals surface area contributed by atoms with Crippen molar-refractivity contribution >= 4 is 0 Å². The van der Waals surface area contributed by atoms with Crippen molar-refractivity contribution in [3.63, 3.8) is 0 Å². The van der Waals surface area contributed by atoms with Gasteiger partial charge in [-0.3, -0.25) is 0 Å². The molecule has 5 heteroatoms. The van der Waals surface area contributed by atoms with Gasteiger partial charge in [0.15, 0.2) is 0 Å². The molecule has 0 amide bonds. The molecule has 2 aromatic heterocycles. The van der Waals surface area contributed by atoms with Gasteiger partial charge in [-0.15, -0.1) is 0 Å². The van der Waals surface area contributed by atoms with E-state index in [2.05, 4.69) is 17.3 Å². The first-order valence-electron chi connectivity index (χ1n) is 6.07. The van der Waals surface area contributed by atoms with Crippen molar-refractivity contribution in [1.29, 1.82) is 0 Å². The number of aryl methyl sites for hydroxylation is 1. The molecule has 0 spiro atoms. The lowest BCUT2D eigenvalue weighted by Crippen LogP contribution is -2.23. The topological polar surface area (TPSA) is 52.2 Å². The Balaban J connectivity index is 2.17. The normalized spacial score (nSPS) is 12.6. The molecule has 1 atom stereocenters. The first-order valence-corrected chi connectivity index (χ1v) is 6.07. The summed E-state index contributed by atoms with van der Waals surface area (Å²) in [6, 6.07) is 4.11. The van der Waals surface area contributed by atoms with Crippen LogP contribution in [0.4, 0.5) is 0 Å². The van der Waals surface area contributed by atoms with E-state index in [4.69, 9.17) is 9.15 Å². The van der Waals surface area contributed by atoms with Crippen LogP contribution in [0.3, 0.4) is 0 Å². The fourth-order valence-corrected chi connectivity index (χ4v) is 2.00. The lowest BCUT2D eigenvalue weighted by Gasteiger charge is -2.14. The van der Waals surface area contributed by atoms with Gasteiger partial charge in [-0.25, -0.2) is 4.68 Å². The molecule has 5 nitrogen and oxygen atoms in total. The number of nitrogens with zero attached hydrogens (tertiary/aromatic N) is 2. The van der Waals surface area contributed by atoms with Crippen LogP contribution in [0.2, 0.25) is 0 Å². The van der Waals surface area contributed by atoms with Crippen molar-refractivity contribution in [3.05, 3.63) is 35.9 Å². The number of hydrogen-bond acceptors (Lipinski definition) is 4. The molecule has 0 saturated heterocycles. The Kier molecular flexibility index (Phi) is 4.04. The quantitative estimate of drug-likeness (QED) is 0.849. The molecule has 2 heterocycles. The van der Waals surface area contributed by atoms with E-state index in [0.717, 1.165) is 30.1 Å². The zero-order valence-electron chi connectivity index (χ0n) is 11.0. The number of furan rings is 1. The van der Waals surface area contributed by atoms with Crippen molar-refractivity contribution in [2.75, 3.05) is 13.7 Å². The van der Waals surface area contributed by atoms with Crippen molar-refractivity contribution in [1.82, 2.24) is 15.1 Å². The lowest BCUT2D eigenvalue weighted by molar-refractivity contribution is 0.373. The predicted molar refractivity (Wildman–Crippen MR) is 68.6 cm³/mol. The minimum Gasteiger partial charge on any atom is -0.481 e. The highest BCUT2D eigenvalue weighted by Crippen LogP contribution is 2.21. The summed E-state index contributed by atoms with van der Waals surface area (Å²) in [6.45, 7) is 2.98. The van der Waals surface area contributed by atoms with Crippen LogP contribution in [-0.4, -0.2) is 23.4 Å². The molecular formula is C13H19N3O2. The third-order valence-corrected chi connectivity index (χ3v) is 2.89. The Morgan fingerprint density at radius 1 is 1.56 bits per heavy atom. The average Bonchev–Trinajstić information content (AvgIpc) is 2.98. The third kappa shape index (κ3) is 2.73. The monoisotopic (exact) mass is 249 g/mol. The van der Waals surface area contributed by atoms with E-state index in [0.29, 0.717) is 0 Å². The largest absolute Gasteiger partial charge is 0.481 e. The van der Waals surface area contributed by atoms with Crippen LogP contribution in [0.25, 0.3) is 0 Å². The van der Waals surface area contributed by atoms with Gasteiger partial charge in [0.1, 0.15) is 0 Å². The summed E-state index contributed by atoms with van der Waals surface area (Å²) in [4.78, 5) is 0. The molecule has 18 heavy (non-hydrogen) atoms. The molecule has 0 aromatic carbocycles. The number of aromatic nitrogens is 2. The second kappa shape index (κ2) is 5.73. The van der Waals surface area contributed by atoms with E-state index in [1.54, 1.807) is 24.3 Å². The van der Waals surface area contributed by atoms with Crippen molar-refractivity contribution < 1.29 is 9.15 Å². The zero-order chi connectivity index (χ0) is 13.0. The van der Waals surface area contributed by atoms with E-state index in [1.165, 1.54) is 0 Å². The molecule has 98 valence electrons. The number of methoxy groups -OCH3 is 1. The predicted octanol–water partition coefficient (Wildman–Crippen LogP) is 1.91. The van der Waals surface area contributed by atoms with E-state index in [1.807, 2.05) is 19.2 Å². The molecule has 0 saturated carbocycles. The number of rotatable bonds is 6. The van der Waals surface area contributed by atoms with Gasteiger partial charge >= 0.3 is 0 Å².